The number of piperazine rings is 1. The van der Waals surface area contributed by atoms with Gasteiger partial charge in [0.2, 0.25) is 0 Å². The molecule has 7 heteroatoms. The van der Waals surface area contributed by atoms with E-state index >= 15 is 0 Å². The zero-order chi connectivity index (χ0) is 17.9. The molecule has 0 saturated carbocycles. The number of hydrogen-bond acceptors (Lipinski definition) is 6. The molecular weight excluding hydrogens is 344 g/mol. The first-order valence-electron chi connectivity index (χ1n) is 8.56. The van der Waals surface area contributed by atoms with E-state index in [0.717, 1.165) is 48.3 Å². The maximum atomic E-state index is 8.94. The molecule has 1 aliphatic heterocycles. The first-order valence-corrected chi connectivity index (χ1v) is 9.44. The molecule has 132 valence electrons. The molecule has 0 spiro atoms. The van der Waals surface area contributed by atoms with Crippen LogP contribution in [0.5, 0.6) is 0 Å². The molecule has 2 N–H and O–H groups in total. The van der Waals surface area contributed by atoms with E-state index in [0.29, 0.717) is 5.56 Å². The van der Waals surface area contributed by atoms with Gasteiger partial charge in [0.1, 0.15) is 6.07 Å². The Kier molecular flexibility index (Phi) is 4.61. The van der Waals surface area contributed by atoms with Gasteiger partial charge in [-0.25, -0.2) is 0 Å². The van der Waals surface area contributed by atoms with Gasteiger partial charge in [-0.1, -0.05) is 0 Å². The van der Waals surface area contributed by atoms with E-state index in [2.05, 4.69) is 62.7 Å². The molecule has 1 saturated heterocycles. The lowest BCUT2D eigenvalue weighted by molar-refractivity contribution is 0.313. The maximum Gasteiger partial charge on any atom is 0.152 e. The molecule has 26 heavy (non-hydrogen) atoms. The van der Waals surface area contributed by atoms with Gasteiger partial charge in [0.25, 0.3) is 0 Å². The number of aromatic amines is 1. The highest BCUT2D eigenvalue weighted by molar-refractivity contribution is 7.13. The minimum atomic E-state index is 0.675. The van der Waals surface area contributed by atoms with Crippen molar-refractivity contribution >= 4 is 28.5 Å². The fourth-order valence-electron chi connectivity index (χ4n) is 3.02. The van der Waals surface area contributed by atoms with Gasteiger partial charge >= 0.3 is 0 Å². The van der Waals surface area contributed by atoms with Crippen LogP contribution in [-0.2, 0) is 0 Å². The maximum absolute atomic E-state index is 8.94. The summed E-state index contributed by atoms with van der Waals surface area (Å²) in [7, 11) is 2.17. The molecule has 0 amide bonds. The normalized spacial score (nSPS) is 15.0. The zero-order valence-corrected chi connectivity index (χ0v) is 15.4. The van der Waals surface area contributed by atoms with Crippen LogP contribution in [0.25, 0.3) is 10.6 Å². The lowest BCUT2D eigenvalue weighted by Gasteiger charge is -2.34. The van der Waals surface area contributed by atoms with Crippen LogP contribution in [0.4, 0.5) is 17.2 Å². The van der Waals surface area contributed by atoms with Crippen molar-refractivity contribution in [1.82, 2.24) is 15.1 Å². The smallest absolute Gasteiger partial charge is 0.152 e. The van der Waals surface area contributed by atoms with Crippen LogP contribution < -0.4 is 10.2 Å². The lowest BCUT2D eigenvalue weighted by atomic mass is 10.2. The molecule has 0 radical (unpaired) electrons. The Hall–Kier alpha value is -2.82. The number of nitrogens with zero attached hydrogens (tertiary/aromatic N) is 4. The first-order chi connectivity index (χ1) is 12.7. The molecule has 6 nitrogen and oxygen atoms in total. The Morgan fingerprint density at radius 2 is 1.92 bits per heavy atom. The summed E-state index contributed by atoms with van der Waals surface area (Å²) < 4.78 is 0. The van der Waals surface area contributed by atoms with Crippen molar-refractivity contribution in [3.05, 3.63) is 47.3 Å². The number of likely N-dealkylation sites (N-methyl/N-ethyl adjacent to an activating group) is 1. The molecule has 1 aromatic carbocycles. The standard InChI is InChI=1S/C19H20N6S/c1-24-6-8-25(9-7-24)16-4-2-15(3-5-16)21-19-11-17(22-23-19)18-10-14(12-20)13-26-18/h2-5,10-11,13H,6-9H2,1H3,(H2,21,22,23). The van der Waals surface area contributed by atoms with Crippen LogP contribution in [0.2, 0.25) is 0 Å². The fourth-order valence-corrected chi connectivity index (χ4v) is 3.82. The quantitative estimate of drug-likeness (QED) is 0.741. The van der Waals surface area contributed by atoms with Crippen LogP contribution in [-0.4, -0.2) is 48.3 Å². The Morgan fingerprint density at radius 1 is 1.15 bits per heavy atom. The summed E-state index contributed by atoms with van der Waals surface area (Å²) in [4.78, 5) is 5.78. The average molecular weight is 364 g/mol. The van der Waals surface area contributed by atoms with Gasteiger partial charge in [-0.15, -0.1) is 11.3 Å². The third-order valence-electron chi connectivity index (χ3n) is 4.58. The third-order valence-corrected chi connectivity index (χ3v) is 5.54. The van der Waals surface area contributed by atoms with Gasteiger partial charge in [-0.3, -0.25) is 5.10 Å². The van der Waals surface area contributed by atoms with Crippen LogP contribution in [0.1, 0.15) is 5.56 Å². The molecule has 2 aromatic heterocycles. The Labute approximate surface area is 156 Å². The van der Waals surface area contributed by atoms with E-state index in [4.69, 9.17) is 5.26 Å². The summed E-state index contributed by atoms with van der Waals surface area (Å²) in [5.74, 6) is 0.763. The van der Waals surface area contributed by atoms with Gasteiger partial charge in [-0.05, 0) is 37.4 Å². The second kappa shape index (κ2) is 7.20. The summed E-state index contributed by atoms with van der Waals surface area (Å²) in [6, 6.07) is 14.5. The van der Waals surface area contributed by atoms with Gasteiger partial charge in [-0.2, -0.15) is 10.4 Å². The highest BCUT2D eigenvalue weighted by Gasteiger charge is 2.14. The van der Waals surface area contributed by atoms with Crippen LogP contribution in [0.15, 0.2) is 41.8 Å². The predicted octanol–water partition coefficient (Wildman–Crippen LogP) is 3.51. The second-order valence-electron chi connectivity index (χ2n) is 6.44. The van der Waals surface area contributed by atoms with Gasteiger partial charge < -0.3 is 15.1 Å². The number of H-pyrrole nitrogens is 1. The highest BCUT2D eigenvalue weighted by atomic mass is 32.1. The van der Waals surface area contributed by atoms with Crippen LogP contribution >= 0.6 is 11.3 Å². The summed E-state index contributed by atoms with van der Waals surface area (Å²) in [6.45, 7) is 4.34. The topological polar surface area (TPSA) is 71.0 Å². The Morgan fingerprint density at radius 3 is 2.62 bits per heavy atom. The number of rotatable bonds is 4. The summed E-state index contributed by atoms with van der Waals surface area (Å²) in [5.41, 5.74) is 3.85. The highest BCUT2D eigenvalue weighted by Crippen LogP contribution is 2.28. The molecule has 3 heterocycles. The van der Waals surface area contributed by atoms with Crippen molar-refractivity contribution in [2.45, 2.75) is 0 Å². The minimum Gasteiger partial charge on any atom is -0.369 e. The molecule has 1 fully saturated rings. The van der Waals surface area contributed by atoms with Crippen molar-refractivity contribution in [2.24, 2.45) is 0 Å². The molecule has 3 aromatic rings. The number of anilines is 3. The van der Waals surface area contributed by atoms with E-state index in [1.54, 1.807) is 0 Å². The SMILES string of the molecule is CN1CCN(c2ccc(Nc3cc(-c4cc(C#N)cs4)[nH]n3)cc2)CC1. The van der Waals surface area contributed by atoms with E-state index in [-0.39, 0.29) is 0 Å². The molecule has 0 aliphatic carbocycles. The van der Waals surface area contributed by atoms with Crippen LogP contribution in [0.3, 0.4) is 0 Å². The average Bonchev–Trinajstić information content (AvgIpc) is 3.32. The van der Waals surface area contributed by atoms with Crippen molar-refractivity contribution in [1.29, 1.82) is 5.26 Å². The monoisotopic (exact) mass is 364 g/mol. The molecule has 1 aliphatic rings. The van der Waals surface area contributed by atoms with Crippen LogP contribution in [0, 0.1) is 11.3 Å². The molecule has 0 atom stereocenters. The minimum absolute atomic E-state index is 0.675. The Bertz CT molecular complexity index is 912. The van der Waals surface area contributed by atoms with E-state index in [9.17, 15) is 0 Å². The van der Waals surface area contributed by atoms with E-state index in [1.165, 1.54) is 17.0 Å². The number of nitriles is 1. The molecule has 0 unspecified atom stereocenters. The van der Waals surface area contributed by atoms with Crippen molar-refractivity contribution in [3.63, 3.8) is 0 Å². The molecule has 0 bridgehead atoms. The molecule has 4 rings (SSSR count). The summed E-state index contributed by atoms with van der Waals surface area (Å²) in [6.07, 6.45) is 0. The van der Waals surface area contributed by atoms with Crippen molar-refractivity contribution in [3.8, 4) is 16.6 Å². The van der Waals surface area contributed by atoms with Crippen molar-refractivity contribution in [2.75, 3.05) is 43.4 Å². The first kappa shape index (κ1) is 16.6. The third kappa shape index (κ3) is 3.57. The molecular formula is C19H20N6S. The number of aromatic nitrogens is 2. The largest absolute Gasteiger partial charge is 0.369 e. The zero-order valence-electron chi connectivity index (χ0n) is 14.6. The summed E-state index contributed by atoms with van der Waals surface area (Å²) >= 11 is 1.53. The number of hydrogen-bond donors (Lipinski definition) is 2. The van der Waals surface area contributed by atoms with Crippen molar-refractivity contribution < 1.29 is 0 Å². The Balaban J connectivity index is 1.42. The lowest BCUT2D eigenvalue weighted by Crippen LogP contribution is -2.44. The number of nitrogens with one attached hydrogen (secondary N) is 2. The number of thiophene rings is 1. The van der Waals surface area contributed by atoms with Gasteiger partial charge in [0.05, 0.1) is 16.1 Å². The van der Waals surface area contributed by atoms with Gasteiger partial charge in [0, 0.05) is 49.0 Å². The predicted molar refractivity (Wildman–Crippen MR) is 106 cm³/mol. The van der Waals surface area contributed by atoms with E-state index < -0.39 is 0 Å². The van der Waals surface area contributed by atoms with Gasteiger partial charge in [0.15, 0.2) is 5.82 Å². The number of benzene rings is 1. The summed E-state index contributed by atoms with van der Waals surface area (Å²) in [5, 5.41) is 21.4. The fraction of sp³-hybridized carbons (Fsp3) is 0.263. The van der Waals surface area contributed by atoms with E-state index in [1.807, 2.05) is 17.5 Å². The second-order valence-corrected chi connectivity index (χ2v) is 7.35.